The quantitative estimate of drug-likeness (QED) is 0.410. The zero-order valence-corrected chi connectivity index (χ0v) is 14.1. The Labute approximate surface area is 139 Å². The molecule has 0 saturated carbocycles. The molecule has 0 bridgehead atoms. The van der Waals surface area contributed by atoms with Gasteiger partial charge in [0.1, 0.15) is 6.61 Å². The van der Waals surface area contributed by atoms with Gasteiger partial charge >= 0.3 is 17.1 Å². The topological polar surface area (TPSA) is 116 Å². The van der Waals surface area contributed by atoms with Gasteiger partial charge in [-0.25, -0.2) is 28.1 Å². The zero-order chi connectivity index (χ0) is 18.3. The summed E-state index contributed by atoms with van der Waals surface area (Å²) in [6.45, 7) is 6.31. The second-order valence-electron chi connectivity index (χ2n) is 5.38. The molecule has 0 fully saturated rings. The van der Waals surface area contributed by atoms with Crippen molar-refractivity contribution in [2.45, 2.75) is 58.5 Å². The molecule has 9 heteroatoms. The smallest absolute Gasteiger partial charge is 0.336 e. The number of hydrogen-bond donors (Lipinski definition) is 2. The molecule has 0 aliphatic heterocycles. The molecule has 1 rings (SSSR count). The highest BCUT2D eigenvalue weighted by Gasteiger charge is 2.18. The first kappa shape index (κ1) is 19.9. The van der Waals surface area contributed by atoms with E-state index >= 15 is 0 Å². The fourth-order valence-corrected chi connectivity index (χ4v) is 2.09. The van der Waals surface area contributed by atoms with E-state index in [-0.39, 0.29) is 26.2 Å². The summed E-state index contributed by atoms with van der Waals surface area (Å²) in [5.74, 6) is 0. The Bertz CT molecular complexity index is 667. The Morgan fingerprint density at radius 3 is 1.75 bits per heavy atom. The van der Waals surface area contributed by atoms with Crippen molar-refractivity contribution in [3.05, 3.63) is 44.3 Å². The van der Waals surface area contributed by atoms with Crippen LogP contribution in [0.25, 0.3) is 0 Å². The Morgan fingerprint density at radius 1 is 0.958 bits per heavy atom. The van der Waals surface area contributed by atoms with Gasteiger partial charge in [-0.3, -0.25) is 0 Å². The van der Waals surface area contributed by atoms with Gasteiger partial charge in [-0.05, 0) is 12.8 Å². The minimum atomic E-state index is -0.893. The van der Waals surface area contributed by atoms with Crippen LogP contribution in [0.5, 0.6) is 0 Å². The van der Waals surface area contributed by atoms with Crippen LogP contribution < -0.4 is 17.1 Å². The van der Waals surface area contributed by atoms with Crippen molar-refractivity contribution in [2.24, 2.45) is 0 Å². The first-order valence-electron chi connectivity index (χ1n) is 7.90. The summed E-state index contributed by atoms with van der Waals surface area (Å²) in [4.78, 5) is 37.3. The second kappa shape index (κ2) is 9.24. The van der Waals surface area contributed by atoms with E-state index in [1.807, 2.05) is 0 Å². The van der Waals surface area contributed by atoms with Crippen LogP contribution in [-0.4, -0.2) is 42.7 Å². The third kappa shape index (κ3) is 4.68. The van der Waals surface area contributed by atoms with Gasteiger partial charge < -0.3 is 14.9 Å². The first-order chi connectivity index (χ1) is 11.4. The highest BCUT2D eigenvalue weighted by atomic mass is 16.5. The van der Waals surface area contributed by atoms with Gasteiger partial charge in [-0.15, -0.1) is 0 Å². The molecule has 0 amide bonds. The second-order valence-corrected chi connectivity index (χ2v) is 5.38. The van der Waals surface area contributed by atoms with Crippen LogP contribution in [0.15, 0.2) is 27.2 Å². The Hall–Kier alpha value is -2.13. The number of hydrogen-bond acceptors (Lipinski definition) is 6. The van der Waals surface area contributed by atoms with Gasteiger partial charge in [0.25, 0.3) is 0 Å². The molecule has 0 aromatic carbocycles. The van der Waals surface area contributed by atoms with E-state index in [1.165, 1.54) is 6.26 Å². The molecule has 1 aromatic rings. The summed E-state index contributed by atoms with van der Waals surface area (Å²) in [5, 5.41) is 19.5. The number of nitrogens with zero attached hydrogens (tertiary/aromatic N) is 3. The number of aliphatic hydroxyl groups excluding tert-OH is 2. The first-order valence-corrected chi connectivity index (χ1v) is 7.90. The van der Waals surface area contributed by atoms with Gasteiger partial charge in [0.05, 0.1) is 38.1 Å². The lowest BCUT2D eigenvalue weighted by Crippen LogP contribution is -2.56. The van der Waals surface area contributed by atoms with Gasteiger partial charge in [-0.2, -0.15) is 0 Å². The Kier molecular flexibility index (Phi) is 7.66. The number of ether oxygens (including phenoxy) is 1. The average molecular weight is 343 g/mol. The summed E-state index contributed by atoms with van der Waals surface area (Å²) < 4.78 is 7.41. The van der Waals surface area contributed by atoms with Crippen molar-refractivity contribution in [2.75, 3.05) is 6.61 Å². The van der Waals surface area contributed by atoms with Gasteiger partial charge in [0.2, 0.25) is 0 Å². The molecule has 1 heterocycles. The van der Waals surface area contributed by atoms with Crippen LogP contribution in [-0.2, 0) is 24.4 Å². The molecule has 0 spiro atoms. The zero-order valence-electron chi connectivity index (χ0n) is 14.1. The molecule has 1 aromatic heterocycles. The molecule has 0 aliphatic carbocycles. The van der Waals surface area contributed by atoms with Crippen molar-refractivity contribution in [3.8, 4) is 0 Å². The number of rotatable bonds is 10. The summed E-state index contributed by atoms with van der Waals surface area (Å²) >= 11 is 0. The predicted octanol–water partition coefficient (Wildman–Crippen LogP) is -1.13. The van der Waals surface area contributed by atoms with Crippen LogP contribution in [0.2, 0.25) is 0 Å². The van der Waals surface area contributed by atoms with E-state index in [4.69, 9.17) is 4.74 Å². The lowest BCUT2D eigenvalue weighted by atomic mass is 10.3. The van der Waals surface area contributed by atoms with Crippen molar-refractivity contribution >= 4 is 0 Å². The Balaban J connectivity index is 3.46. The number of aliphatic hydroxyl groups is 2. The molecule has 2 atom stereocenters. The molecule has 9 nitrogen and oxygen atoms in total. The Morgan fingerprint density at radius 2 is 1.38 bits per heavy atom. The highest BCUT2D eigenvalue weighted by molar-refractivity contribution is 4.81. The summed E-state index contributed by atoms with van der Waals surface area (Å²) in [7, 11) is 0. The summed E-state index contributed by atoms with van der Waals surface area (Å²) in [5.41, 5.74) is -2.47. The van der Waals surface area contributed by atoms with Crippen LogP contribution in [0, 0.1) is 0 Å². The van der Waals surface area contributed by atoms with Gasteiger partial charge in [-0.1, -0.05) is 20.4 Å². The van der Waals surface area contributed by atoms with Crippen LogP contribution >= 0.6 is 0 Å². The van der Waals surface area contributed by atoms with E-state index < -0.39 is 29.3 Å². The van der Waals surface area contributed by atoms with E-state index in [0.717, 1.165) is 13.7 Å². The monoisotopic (exact) mass is 343 g/mol. The number of aromatic nitrogens is 3. The largest absolute Gasteiger partial charge is 0.500 e. The predicted molar refractivity (Wildman–Crippen MR) is 88.0 cm³/mol. The van der Waals surface area contributed by atoms with Crippen molar-refractivity contribution in [3.63, 3.8) is 0 Å². The van der Waals surface area contributed by atoms with Gasteiger partial charge in [0, 0.05) is 0 Å². The standard InChI is InChI=1S/C15H25N3O6/c1-4-11(19)9-17-13(21)16(7-8-24-6-3)14(22)18(15(17)23)10-12(20)5-2/h6,11-12,19-20H,3-5,7-10H2,1-2H3. The molecule has 0 aliphatic rings. The SMILES string of the molecule is C=COCCn1c(=O)n(CC(O)CC)c(=O)n(CC(O)CC)c1=O. The normalized spacial score (nSPS) is 13.5. The maximum atomic E-state index is 12.4. The summed E-state index contributed by atoms with van der Waals surface area (Å²) in [6, 6.07) is 0. The minimum absolute atomic E-state index is 0.0313. The van der Waals surface area contributed by atoms with Crippen LogP contribution in [0.3, 0.4) is 0 Å². The van der Waals surface area contributed by atoms with E-state index in [0.29, 0.717) is 12.8 Å². The van der Waals surface area contributed by atoms with E-state index in [1.54, 1.807) is 13.8 Å². The average Bonchev–Trinajstić information content (AvgIpc) is 2.58. The van der Waals surface area contributed by atoms with Gasteiger partial charge in [0.15, 0.2) is 0 Å². The lowest BCUT2D eigenvalue weighted by Gasteiger charge is -2.17. The molecule has 136 valence electrons. The van der Waals surface area contributed by atoms with E-state index in [9.17, 15) is 24.6 Å². The molecule has 2 unspecified atom stereocenters. The molecular weight excluding hydrogens is 318 g/mol. The molecule has 0 saturated heterocycles. The van der Waals surface area contributed by atoms with Crippen molar-refractivity contribution in [1.29, 1.82) is 0 Å². The molecular formula is C15H25N3O6. The van der Waals surface area contributed by atoms with Crippen molar-refractivity contribution in [1.82, 2.24) is 13.7 Å². The molecule has 0 radical (unpaired) electrons. The maximum absolute atomic E-state index is 12.4. The third-order valence-electron chi connectivity index (χ3n) is 3.67. The third-order valence-corrected chi connectivity index (χ3v) is 3.67. The lowest BCUT2D eigenvalue weighted by molar-refractivity contribution is 0.132. The highest BCUT2D eigenvalue weighted by Crippen LogP contribution is 1.93. The molecule has 2 N–H and O–H groups in total. The minimum Gasteiger partial charge on any atom is -0.500 e. The van der Waals surface area contributed by atoms with Crippen LogP contribution in [0.4, 0.5) is 0 Å². The van der Waals surface area contributed by atoms with Crippen LogP contribution in [0.1, 0.15) is 26.7 Å². The van der Waals surface area contributed by atoms with Crippen molar-refractivity contribution < 1.29 is 14.9 Å². The molecule has 24 heavy (non-hydrogen) atoms. The fraction of sp³-hybridized carbons (Fsp3) is 0.667. The summed E-state index contributed by atoms with van der Waals surface area (Å²) in [6.07, 6.45) is 0.0941. The van der Waals surface area contributed by atoms with E-state index in [2.05, 4.69) is 6.58 Å². The fourth-order valence-electron chi connectivity index (χ4n) is 2.09. The maximum Gasteiger partial charge on any atom is 0.336 e.